The molecule has 1 fully saturated rings. The molecule has 0 spiro atoms. The van der Waals surface area contributed by atoms with Crippen LogP contribution < -0.4 is 15.4 Å². The first-order valence-electron chi connectivity index (χ1n) is 12.8. The van der Waals surface area contributed by atoms with E-state index >= 15 is 0 Å². The lowest BCUT2D eigenvalue weighted by atomic mass is 9.85. The van der Waals surface area contributed by atoms with Crippen LogP contribution in [0.4, 0.5) is 23.7 Å². The molecule has 1 aliphatic rings. The summed E-state index contributed by atoms with van der Waals surface area (Å²) in [4.78, 5) is 24.1. The monoisotopic (exact) mass is 605 g/mol. The maximum absolute atomic E-state index is 12.7. The standard InChI is InChI=1S/C26H35Cl2N3O2.C2HF3O2/c1-26(2,3)24(30-25(32)29-20-6-5-7-21(16-20)33-4)17-31-12-10-18(11-13-31)14-19-8-9-22(27)23(28)15-19;3-2(4,5)1(6)7/h5-9,15-16,18,24H,10-14,17H2,1-4H3,(H2,29,30,32);(H,6,7). The van der Waals surface area contributed by atoms with Gasteiger partial charge in [-0.15, -0.1) is 0 Å². The molecule has 1 atom stereocenters. The number of alkyl halides is 3. The Balaban J connectivity index is 0.000000708. The van der Waals surface area contributed by atoms with E-state index in [0.717, 1.165) is 38.9 Å². The van der Waals surface area contributed by atoms with Crippen molar-refractivity contribution < 1.29 is 32.6 Å². The molecule has 0 aromatic heterocycles. The number of aliphatic carboxylic acids is 1. The number of piperidine rings is 1. The summed E-state index contributed by atoms with van der Waals surface area (Å²) in [5.41, 5.74) is 1.89. The minimum absolute atomic E-state index is 0.0229. The lowest BCUT2D eigenvalue weighted by Crippen LogP contribution is -2.53. The van der Waals surface area contributed by atoms with Crippen molar-refractivity contribution in [3.63, 3.8) is 0 Å². The van der Waals surface area contributed by atoms with E-state index in [0.29, 0.717) is 27.4 Å². The van der Waals surface area contributed by atoms with Gasteiger partial charge in [-0.1, -0.05) is 56.1 Å². The number of rotatable bonds is 7. The van der Waals surface area contributed by atoms with Crippen molar-refractivity contribution in [2.75, 3.05) is 32.1 Å². The second-order valence-electron chi connectivity index (χ2n) is 10.7. The van der Waals surface area contributed by atoms with Crippen molar-refractivity contribution in [3.8, 4) is 5.75 Å². The third-order valence-corrected chi connectivity index (χ3v) is 7.32. The van der Waals surface area contributed by atoms with Gasteiger partial charge in [0.25, 0.3) is 0 Å². The predicted molar refractivity (Wildman–Crippen MR) is 151 cm³/mol. The number of carbonyl (C=O) groups excluding carboxylic acids is 1. The molecule has 0 saturated carbocycles. The van der Waals surface area contributed by atoms with Gasteiger partial charge in [-0.05, 0) is 73.5 Å². The number of anilines is 1. The van der Waals surface area contributed by atoms with Gasteiger partial charge in [0, 0.05) is 24.3 Å². The molecule has 222 valence electrons. The minimum atomic E-state index is -5.08. The van der Waals surface area contributed by atoms with E-state index in [1.165, 1.54) is 5.56 Å². The van der Waals surface area contributed by atoms with Crippen molar-refractivity contribution in [2.24, 2.45) is 11.3 Å². The van der Waals surface area contributed by atoms with Gasteiger partial charge in [0.2, 0.25) is 0 Å². The lowest BCUT2D eigenvalue weighted by molar-refractivity contribution is -0.192. The molecule has 0 radical (unpaired) electrons. The molecule has 40 heavy (non-hydrogen) atoms. The van der Waals surface area contributed by atoms with Gasteiger partial charge in [0.1, 0.15) is 5.75 Å². The third-order valence-electron chi connectivity index (χ3n) is 6.58. The molecule has 7 nitrogen and oxygen atoms in total. The number of amides is 2. The molecular formula is C28H36Cl2F3N3O4. The van der Waals surface area contributed by atoms with E-state index < -0.39 is 12.1 Å². The molecular weight excluding hydrogens is 570 g/mol. The van der Waals surface area contributed by atoms with Gasteiger partial charge in [0.05, 0.1) is 17.2 Å². The van der Waals surface area contributed by atoms with Gasteiger partial charge in [-0.2, -0.15) is 13.2 Å². The molecule has 3 rings (SSSR count). The number of benzene rings is 2. The fourth-order valence-electron chi connectivity index (χ4n) is 4.19. The fraction of sp³-hybridized carbons (Fsp3) is 0.500. The van der Waals surface area contributed by atoms with E-state index in [1.54, 1.807) is 7.11 Å². The summed E-state index contributed by atoms with van der Waals surface area (Å²) < 4.78 is 37.0. The number of carboxylic acids is 1. The summed E-state index contributed by atoms with van der Waals surface area (Å²) in [6.07, 6.45) is -1.80. The Bertz CT molecular complexity index is 1130. The molecule has 3 N–H and O–H groups in total. The lowest BCUT2D eigenvalue weighted by Gasteiger charge is -2.39. The molecule has 2 aromatic rings. The number of carbonyl (C=O) groups is 2. The fourth-order valence-corrected chi connectivity index (χ4v) is 4.51. The zero-order valence-electron chi connectivity index (χ0n) is 22.9. The molecule has 12 heteroatoms. The molecule has 2 amide bonds. The van der Waals surface area contributed by atoms with Gasteiger partial charge in [-0.25, -0.2) is 9.59 Å². The van der Waals surface area contributed by atoms with Crippen molar-refractivity contribution >= 4 is 40.9 Å². The highest BCUT2D eigenvalue weighted by Crippen LogP contribution is 2.28. The number of nitrogens with zero attached hydrogens (tertiary/aromatic N) is 1. The third kappa shape index (κ3) is 11.4. The second-order valence-corrected chi connectivity index (χ2v) is 11.6. The summed E-state index contributed by atoms with van der Waals surface area (Å²) in [5, 5.41) is 14.5. The van der Waals surface area contributed by atoms with Crippen molar-refractivity contribution in [2.45, 2.75) is 52.3 Å². The number of likely N-dealkylation sites (tertiary alicyclic amines) is 1. The Kier molecular flexibility index (Phi) is 12.4. The molecule has 1 heterocycles. The normalized spacial score (nSPS) is 15.4. The Labute approximate surface area is 243 Å². The van der Waals surface area contributed by atoms with E-state index in [2.05, 4.69) is 42.4 Å². The number of hydrogen-bond donors (Lipinski definition) is 3. The van der Waals surface area contributed by atoms with Crippen LogP contribution in [0.5, 0.6) is 5.75 Å². The average molecular weight is 607 g/mol. The van der Waals surface area contributed by atoms with E-state index in [9.17, 15) is 18.0 Å². The Morgan fingerprint density at radius 3 is 2.23 bits per heavy atom. The smallest absolute Gasteiger partial charge is 0.490 e. The highest BCUT2D eigenvalue weighted by molar-refractivity contribution is 6.42. The molecule has 0 aliphatic carbocycles. The largest absolute Gasteiger partial charge is 0.497 e. The number of ether oxygens (including phenoxy) is 1. The van der Waals surface area contributed by atoms with Crippen LogP contribution in [0.15, 0.2) is 42.5 Å². The molecule has 1 saturated heterocycles. The van der Waals surface area contributed by atoms with Crippen LogP contribution in [0.1, 0.15) is 39.2 Å². The zero-order valence-corrected chi connectivity index (χ0v) is 24.5. The Hall–Kier alpha value is -2.69. The summed E-state index contributed by atoms with van der Waals surface area (Å²) >= 11 is 12.2. The van der Waals surface area contributed by atoms with E-state index in [-0.39, 0.29) is 17.5 Å². The van der Waals surface area contributed by atoms with Crippen molar-refractivity contribution in [1.82, 2.24) is 10.2 Å². The number of halogens is 5. The van der Waals surface area contributed by atoms with E-state index in [1.807, 2.05) is 36.4 Å². The van der Waals surface area contributed by atoms with Gasteiger partial charge in [0.15, 0.2) is 0 Å². The van der Waals surface area contributed by atoms with Crippen LogP contribution >= 0.6 is 23.2 Å². The first-order valence-corrected chi connectivity index (χ1v) is 13.5. The van der Waals surface area contributed by atoms with Crippen LogP contribution in [0.2, 0.25) is 10.0 Å². The van der Waals surface area contributed by atoms with Crippen LogP contribution in [0.25, 0.3) is 0 Å². The molecule has 1 aliphatic heterocycles. The summed E-state index contributed by atoms with van der Waals surface area (Å²) in [5.74, 6) is -1.41. The van der Waals surface area contributed by atoms with Gasteiger partial charge < -0.3 is 25.4 Å². The van der Waals surface area contributed by atoms with Crippen molar-refractivity contribution in [3.05, 3.63) is 58.1 Å². The summed E-state index contributed by atoms with van der Waals surface area (Å²) in [6.45, 7) is 9.38. The van der Waals surface area contributed by atoms with Gasteiger partial charge >= 0.3 is 18.2 Å². The highest BCUT2D eigenvalue weighted by Gasteiger charge is 2.38. The maximum Gasteiger partial charge on any atom is 0.490 e. The Morgan fingerprint density at radius 2 is 1.70 bits per heavy atom. The average Bonchev–Trinajstić information content (AvgIpc) is 2.86. The van der Waals surface area contributed by atoms with Crippen LogP contribution in [0.3, 0.4) is 0 Å². The number of nitrogens with one attached hydrogen (secondary N) is 2. The zero-order chi connectivity index (χ0) is 30.1. The number of hydrogen-bond acceptors (Lipinski definition) is 4. The first kappa shape index (κ1) is 33.5. The van der Waals surface area contributed by atoms with Crippen LogP contribution in [0, 0.1) is 11.3 Å². The number of carboxylic acid groups (broad SMARTS) is 1. The molecule has 2 aromatic carbocycles. The first-order chi connectivity index (χ1) is 18.6. The van der Waals surface area contributed by atoms with E-state index in [4.69, 9.17) is 37.8 Å². The summed E-state index contributed by atoms with van der Waals surface area (Å²) in [6, 6.07) is 13.1. The predicted octanol–water partition coefficient (Wildman–Crippen LogP) is 7.13. The second kappa shape index (κ2) is 14.8. The minimum Gasteiger partial charge on any atom is -0.497 e. The highest BCUT2D eigenvalue weighted by atomic mass is 35.5. The van der Waals surface area contributed by atoms with Crippen LogP contribution in [-0.2, 0) is 11.2 Å². The quantitative estimate of drug-likeness (QED) is 0.312. The van der Waals surface area contributed by atoms with Crippen LogP contribution in [-0.4, -0.2) is 61.0 Å². The Morgan fingerprint density at radius 1 is 1.07 bits per heavy atom. The van der Waals surface area contributed by atoms with Gasteiger partial charge in [-0.3, -0.25) is 0 Å². The maximum atomic E-state index is 12.7. The van der Waals surface area contributed by atoms with Crippen molar-refractivity contribution in [1.29, 1.82) is 0 Å². The number of methoxy groups -OCH3 is 1. The molecule has 1 unspecified atom stereocenters. The SMILES string of the molecule is COc1cccc(NC(=O)NC(CN2CCC(Cc3ccc(Cl)c(Cl)c3)CC2)C(C)(C)C)c1.O=C(O)C(F)(F)F. The number of urea groups is 1. The summed E-state index contributed by atoms with van der Waals surface area (Å²) in [7, 11) is 1.61. The topological polar surface area (TPSA) is 90.9 Å². The molecule has 0 bridgehead atoms.